The molecule has 1 aliphatic rings. The van der Waals surface area contributed by atoms with Crippen LogP contribution in [0.25, 0.3) is 0 Å². The van der Waals surface area contributed by atoms with Crippen LogP contribution in [0.5, 0.6) is 0 Å². The normalized spacial score (nSPS) is 24.1. The van der Waals surface area contributed by atoms with E-state index in [1.54, 1.807) is 0 Å². The fourth-order valence-corrected chi connectivity index (χ4v) is 3.87. The molecule has 0 aromatic heterocycles. The molecule has 0 N–H and O–H groups in total. The van der Waals surface area contributed by atoms with Gasteiger partial charge in [-0.25, -0.2) is 8.42 Å². The summed E-state index contributed by atoms with van der Waals surface area (Å²) in [6.45, 7) is 5.89. The molecule has 70 valence electrons. The topological polar surface area (TPSA) is 43.4 Å². The molecule has 1 heterocycles. The molecule has 12 heavy (non-hydrogen) atoms. The fourth-order valence-electron chi connectivity index (χ4n) is 1.52. The molecule has 1 saturated heterocycles. The lowest BCUT2D eigenvalue weighted by molar-refractivity contribution is 0.127. The summed E-state index contributed by atoms with van der Waals surface area (Å²) >= 11 is 0. The summed E-state index contributed by atoms with van der Waals surface area (Å²) in [6, 6.07) is 0. The quantitative estimate of drug-likeness (QED) is 0.620. The largest absolute Gasteiger partial charge is 0.501 e. The van der Waals surface area contributed by atoms with Crippen molar-refractivity contribution < 1.29 is 13.2 Å². The van der Waals surface area contributed by atoms with E-state index >= 15 is 0 Å². The van der Waals surface area contributed by atoms with Gasteiger partial charge in [-0.3, -0.25) is 0 Å². The van der Waals surface area contributed by atoms with Gasteiger partial charge in [0.05, 0.1) is 24.4 Å². The molecule has 0 unspecified atom stereocenters. The predicted molar refractivity (Wildman–Crippen MR) is 47.5 cm³/mol. The van der Waals surface area contributed by atoms with Gasteiger partial charge in [-0.1, -0.05) is 13.5 Å². The molecule has 0 atom stereocenters. The van der Waals surface area contributed by atoms with Gasteiger partial charge in [0.2, 0.25) is 0 Å². The van der Waals surface area contributed by atoms with Crippen molar-refractivity contribution >= 4 is 9.84 Å². The van der Waals surface area contributed by atoms with Gasteiger partial charge in [0.25, 0.3) is 0 Å². The Morgan fingerprint density at radius 1 is 1.58 bits per heavy atom. The van der Waals surface area contributed by atoms with Crippen LogP contribution < -0.4 is 0 Å². The van der Waals surface area contributed by atoms with Gasteiger partial charge in [0.1, 0.15) is 0 Å². The van der Waals surface area contributed by atoms with Crippen molar-refractivity contribution in [1.82, 2.24) is 0 Å². The number of sulfone groups is 1. The van der Waals surface area contributed by atoms with Crippen molar-refractivity contribution in [3.8, 4) is 0 Å². The molecule has 4 heteroatoms. The molecule has 0 aromatic rings. The van der Waals surface area contributed by atoms with E-state index in [4.69, 9.17) is 4.74 Å². The third-order valence-electron chi connectivity index (χ3n) is 2.31. The maximum atomic E-state index is 10.9. The highest BCUT2D eigenvalue weighted by Crippen LogP contribution is 2.36. The Morgan fingerprint density at radius 3 is 2.50 bits per heavy atom. The Morgan fingerprint density at radius 2 is 2.17 bits per heavy atom. The van der Waals surface area contributed by atoms with E-state index in [0.29, 0.717) is 6.61 Å². The van der Waals surface area contributed by atoms with E-state index in [2.05, 4.69) is 6.58 Å². The maximum absolute atomic E-state index is 10.9. The Bertz CT molecular complexity index is 254. The predicted octanol–water partition coefficient (Wildman–Crippen LogP) is 0.971. The Hall–Kier alpha value is -0.510. The molecule has 0 saturated carbocycles. The van der Waals surface area contributed by atoms with Gasteiger partial charge < -0.3 is 4.74 Å². The monoisotopic (exact) mass is 190 g/mol. The Kier molecular flexibility index (Phi) is 2.46. The summed E-state index contributed by atoms with van der Waals surface area (Å²) in [5.74, 6) is 0.536. The summed E-state index contributed by atoms with van der Waals surface area (Å²) < 4.78 is 26.9. The maximum Gasteiger partial charge on any atom is 0.151 e. The molecule has 0 spiro atoms. The smallest absolute Gasteiger partial charge is 0.151 e. The molecule has 0 radical (unpaired) electrons. The van der Waals surface area contributed by atoms with E-state index in [0.717, 1.165) is 6.42 Å². The van der Waals surface area contributed by atoms with E-state index in [-0.39, 0.29) is 16.9 Å². The third-order valence-corrected chi connectivity index (χ3v) is 4.41. The molecule has 0 aromatic carbocycles. The summed E-state index contributed by atoms with van der Waals surface area (Å²) in [5.41, 5.74) is -0.132. The zero-order chi connectivity index (χ0) is 9.24. The molecule has 1 rings (SSSR count). The highest BCUT2D eigenvalue weighted by Gasteiger charge is 2.47. The van der Waals surface area contributed by atoms with Crippen LogP contribution in [0.2, 0.25) is 0 Å². The summed E-state index contributed by atoms with van der Waals surface area (Å²) in [4.78, 5) is 0. The molecule has 0 aliphatic carbocycles. The van der Waals surface area contributed by atoms with Crippen molar-refractivity contribution in [1.29, 1.82) is 0 Å². The van der Waals surface area contributed by atoms with E-state index in [9.17, 15) is 8.42 Å². The molecule has 0 bridgehead atoms. The van der Waals surface area contributed by atoms with Crippen molar-refractivity contribution in [3.05, 3.63) is 12.8 Å². The van der Waals surface area contributed by atoms with Gasteiger partial charge >= 0.3 is 0 Å². The van der Waals surface area contributed by atoms with Crippen LogP contribution in [-0.4, -0.2) is 26.5 Å². The lowest BCUT2D eigenvalue weighted by Gasteiger charge is -2.39. The minimum atomic E-state index is -2.75. The molecule has 0 amide bonds. The van der Waals surface area contributed by atoms with Crippen LogP contribution in [0, 0.1) is 5.41 Å². The Balaban J connectivity index is 2.52. The van der Waals surface area contributed by atoms with Crippen molar-refractivity contribution in [3.63, 3.8) is 0 Å². The number of rotatable bonds is 4. The average Bonchev–Trinajstić information content (AvgIpc) is 1.96. The van der Waals surface area contributed by atoms with E-state index in [1.165, 1.54) is 6.26 Å². The van der Waals surface area contributed by atoms with Crippen molar-refractivity contribution in [2.75, 3.05) is 18.1 Å². The summed E-state index contributed by atoms with van der Waals surface area (Å²) in [7, 11) is -2.75. The van der Waals surface area contributed by atoms with Gasteiger partial charge in [0.15, 0.2) is 9.84 Å². The highest BCUT2D eigenvalue weighted by molar-refractivity contribution is 7.92. The van der Waals surface area contributed by atoms with Gasteiger partial charge in [-0.15, -0.1) is 0 Å². The zero-order valence-electron chi connectivity index (χ0n) is 7.25. The van der Waals surface area contributed by atoms with E-state index in [1.807, 2.05) is 6.92 Å². The lowest BCUT2D eigenvalue weighted by Crippen LogP contribution is -2.50. The second-order valence-corrected chi connectivity index (χ2v) is 5.43. The van der Waals surface area contributed by atoms with Gasteiger partial charge in [-0.05, 0) is 6.42 Å². The standard InChI is InChI=1S/C8H14O3S/c1-3-8(5-11-4-2)6-12(9,10)7-8/h4H,2-3,5-7H2,1H3. The van der Waals surface area contributed by atoms with Crippen LogP contribution in [-0.2, 0) is 14.6 Å². The van der Waals surface area contributed by atoms with Gasteiger partial charge in [-0.2, -0.15) is 0 Å². The first-order valence-electron chi connectivity index (χ1n) is 3.96. The van der Waals surface area contributed by atoms with E-state index < -0.39 is 9.84 Å². The SMILES string of the molecule is C=COCC1(CC)CS(=O)(=O)C1. The second kappa shape index (κ2) is 3.09. The minimum Gasteiger partial charge on any atom is -0.501 e. The third kappa shape index (κ3) is 1.80. The first-order valence-corrected chi connectivity index (χ1v) is 5.79. The minimum absolute atomic E-state index is 0.132. The van der Waals surface area contributed by atoms with Crippen LogP contribution >= 0.6 is 0 Å². The zero-order valence-corrected chi connectivity index (χ0v) is 8.06. The Labute approximate surface area is 73.3 Å². The first-order chi connectivity index (χ1) is 5.54. The van der Waals surface area contributed by atoms with Crippen LogP contribution in [0.1, 0.15) is 13.3 Å². The van der Waals surface area contributed by atoms with Crippen molar-refractivity contribution in [2.24, 2.45) is 5.41 Å². The van der Waals surface area contributed by atoms with Crippen LogP contribution in [0.15, 0.2) is 12.8 Å². The lowest BCUT2D eigenvalue weighted by atomic mass is 9.90. The number of hydrogen-bond acceptors (Lipinski definition) is 3. The van der Waals surface area contributed by atoms with Gasteiger partial charge in [0, 0.05) is 5.41 Å². The molecular weight excluding hydrogens is 176 g/mol. The number of hydrogen-bond donors (Lipinski definition) is 0. The molecule has 1 aliphatic heterocycles. The number of ether oxygens (including phenoxy) is 1. The second-order valence-electron chi connectivity index (χ2n) is 3.36. The molecular formula is C8H14O3S. The summed E-state index contributed by atoms with van der Waals surface area (Å²) in [6.07, 6.45) is 2.21. The van der Waals surface area contributed by atoms with Crippen LogP contribution in [0.4, 0.5) is 0 Å². The first kappa shape index (κ1) is 9.58. The highest BCUT2D eigenvalue weighted by atomic mass is 32.2. The molecule has 3 nitrogen and oxygen atoms in total. The molecule has 1 fully saturated rings. The summed E-state index contributed by atoms with van der Waals surface area (Å²) in [5, 5.41) is 0. The van der Waals surface area contributed by atoms with Crippen molar-refractivity contribution in [2.45, 2.75) is 13.3 Å². The van der Waals surface area contributed by atoms with Crippen LogP contribution in [0.3, 0.4) is 0 Å². The average molecular weight is 190 g/mol. The fraction of sp³-hybridized carbons (Fsp3) is 0.750.